The summed E-state index contributed by atoms with van der Waals surface area (Å²) in [7, 11) is 7.63. The van der Waals surface area contributed by atoms with Crippen LogP contribution >= 0.6 is 43.2 Å². The largest absolute Gasteiger partial charge is 0.102 e. The zero-order valence-corrected chi connectivity index (χ0v) is 11.2. The second-order valence-corrected chi connectivity index (χ2v) is 7.74. The number of hydrogen-bond donors (Lipinski definition) is 0. The molecule has 0 spiro atoms. The lowest BCUT2D eigenvalue weighted by Crippen LogP contribution is -1.96. The van der Waals surface area contributed by atoms with Crippen molar-refractivity contribution in [2.45, 2.75) is 12.2 Å². The van der Waals surface area contributed by atoms with E-state index in [1.54, 1.807) is 0 Å². The van der Waals surface area contributed by atoms with Crippen LogP contribution in [0.25, 0.3) is 0 Å². The molecule has 0 N–H and O–H groups in total. The average molecular weight is 252 g/mol. The Bertz CT molecular complexity index is 136. The molecular formula is C9H16S4. The molecule has 0 aromatic rings. The number of rotatable bonds is 9. The van der Waals surface area contributed by atoms with Gasteiger partial charge in [-0.05, 0) is 0 Å². The zero-order valence-electron chi connectivity index (χ0n) is 7.90. The normalized spacial score (nSPS) is 12.4. The van der Waals surface area contributed by atoms with Crippen molar-refractivity contribution in [1.82, 2.24) is 0 Å². The van der Waals surface area contributed by atoms with E-state index in [-0.39, 0.29) is 0 Å². The van der Waals surface area contributed by atoms with E-state index in [0.29, 0.717) is 5.25 Å². The summed E-state index contributed by atoms with van der Waals surface area (Å²) < 4.78 is 0. The fourth-order valence-electron chi connectivity index (χ4n) is 0.471. The van der Waals surface area contributed by atoms with Crippen molar-refractivity contribution < 1.29 is 0 Å². The van der Waals surface area contributed by atoms with Crippen LogP contribution in [0.4, 0.5) is 0 Å². The minimum atomic E-state index is 0.715. The van der Waals surface area contributed by atoms with E-state index in [1.165, 1.54) is 5.75 Å². The van der Waals surface area contributed by atoms with Crippen LogP contribution in [0.5, 0.6) is 0 Å². The van der Waals surface area contributed by atoms with Gasteiger partial charge in [0.1, 0.15) is 0 Å². The smallest absolute Gasteiger partial charge is 0.0222 e. The Kier molecular flexibility index (Phi) is 11.7. The third kappa shape index (κ3) is 10.8. The molecule has 1 unspecified atom stereocenters. The standard InChI is InChI=1S/C9H16S4/c1-4-6-10-12-8-9(3)13-11-7-5-2/h4-5,9H,1-2,6-8H2,3H3. The molecule has 0 aliphatic rings. The van der Waals surface area contributed by atoms with Crippen molar-refractivity contribution in [2.75, 3.05) is 17.3 Å². The highest BCUT2D eigenvalue weighted by Crippen LogP contribution is 2.31. The Morgan fingerprint density at radius 2 is 1.69 bits per heavy atom. The van der Waals surface area contributed by atoms with Gasteiger partial charge in [-0.15, -0.1) is 13.2 Å². The molecule has 0 radical (unpaired) electrons. The Morgan fingerprint density at radius 3 is 2.31 bits per heavy atom. The van der Waals surface area contributed by atoms with E-state index in [9.17, 15) is 0 Å². The minimum absolute atomic E-state index is 0.715. The van der Waals surface area contributed by atoms with Gasteiger partial charge in [0.15, 0.2) is 0 Å². The monoisotopic (exact) mass is 252 g/mol. The van der Waals surface area contributed by atoms with Gasteiger partial charge in [-0.2, -0.15) is 0 Å². The Hall–Kier alpha value is 0.880. The molecule has 0 aromatic carbocycles. The first-order valence-electron chi connectivity index (χ1n) is 4.05. The van der Waals surface area contributed by atoms with E-state index in [1.807, 2.05) is 55.3 Å². The van der Waals surface area contributed by atoms with E-state index < -0.39 is 0 Å². The van der Waals surface area contributed by atoms with Gasteiger partial charge < -0.3 is 0 Å². The first-order valence-corrected chi connectivity index (χ1v) is 8.92. The van der Waals surface area contributed by atoms with Gasteiger partial charge in [-0.25, -0.2) is 0 Å². The summed E-state index contributed by atoms with van der Waals surface area (Å²) in [5, 5.41) is 0.715. The van der Waals surface area contributed by atoms with Gasteiger partial charge in [0, 0.05) is 22.5 Å². The summed E-state index contributed by atoms with van der Waals surface area (Å²) in [6, 6.07) is 0. The highest BCUT2D eigenvalue weighted by Gasteiger charge is 2.02. The predicted octanol–water partition coefficient (Wildman–Crippen LogP) is 4.51. The fourth-order valence-corrected chi connectivity index (χ4v) is 5.24. The SMILES string of the molecule is C=CCSSCC(C)SSCC=C. The molecule has 0 saturated heterocycles. The van der Waals surface area contributed by atoms with Gasteiger partial charge >= 0.3 is 0 Å². The summed E-state index contributed by atoms with van der Waals surface area (Å²) in [6.45, 7) is 9.64. The lowest BCUT2D eigenvalue weighted by atomic mass is 10.6. The predicted molar refractivity (Wildman–Crippen MR) is 74.8 cm³/mol. The molecule has 0 amide bonds. The second kappa shape index (κ2) is 11.0. The van der Waals surface area contributed by atoms with Crippen molar-refractivity contribution in [3.8, 4) is 0 Å². The van der Waals surface area contributed by atoms with E-state index >= 15 is 0 Å². The van der Waals surface area contributed by atoms with Crippen LogP contribution in [0.1, 0.15) is 6.92 Å². The first-order chi connectivity index (χ1) is 6.31. The van der Waals surface area contributed by atoms with Crippen LogP contribution in [-0.2, 0) is 0 Å². The quantitative estimate of drug-likeness (QED) is 0.336. The third-order valence-electron chi connectivity index (χ3n) is 0.990. The second-order valence-electron chi connectivity index (χ2n) is 2.34. The maximum Gasteiger partial charge on any atom is 0.0222 e. The Balaban J connectivity index is 3.14. The minimum Gasteiger partial charge on any atom is -0.102 e. The van der Waals surface area contributed by atoms with Crippen LogP contribution in [-0.4, -0.2) is 22.5 Å². The highest BCUT2D eigenvalue weighted by atomic mass is 33.1. The lowest BCUT2D eigenvalue weighted by Gasteiger charge is -2.07. The van der Waals surface area contributed by atoms with Crippen LogP contribution in [0.2, 0.25) is 0 Å². The molecule has 76 valence electrons. The van der Waals surface area contributed by atoms with Crippen molar-refractivity contribution >= 4 is 43.2 Å². The van der Waals surface area contributed by atoms with Crippen molar-refractivity contribution in [1.29, 1.82) is 0 Å². The average Bonchev–Trinajstić information content (AvgIpc) is 2.13. The molecule has 0 aliphatic carbocycles. The molecule has 13 heavy (non-hydrogen) atoms. The summed E-state index contributed by atoms with van der Waals surface area (Å²) in [4.78, 5) is 0. The highest BCUT2D eigenvalue weighted by molar-refractivity contribution is 8.78. The van der Waals surface area contributed by atoms with Crippen LogP contribution in [0.3, 0.4) is 0 Å². The lowest BCUT2D eigenvalue weighted by molar-refractivity contribution is 1.15. The van der Waals surface area contributed by atoms with Crippen molar-refractivity contribution in [3.63, 3.8) is 0 Å². The molecule has 0 nitrogen and oxygen atoms in total. The first kappa shape index (κ1) is 13.9. The van der Waals surface area contributed by atoms with Crippen LogP contribution < -0.4 is 0 Å². The number of hydrogen-bond acceptors (Lipinski definition) is 4. The molecular weight excluding hydrogens is 236 g/mol. The van der Waals surface area contributed by atoms with Crippen molar-refractivity contribution in [2.24, 2.45) is 0 Å². The van der Waals surface area contributed by atoms with Crippen LogP contribution in [0, 0.1) is 0 Å². The van der Waals surface area contributed by atoms with E-state index in [4.69, 9.17) is 0 Å². The van der Waals surface area contributed by atoms with E-state index in [0.717, 1.165) is 11.5 Å². The zero-order chi connectivity index (χ0) is 9.94. The van der Waals surface area contributed by atoms with E-state index in [2.05, 4.69) is 20.1 Å². The van der Waals surface area contributed by atoms with Gasteiger partial charge in [0.2, 0.25) is 0 Å². The fraction of sp³-hybridized carbons (Fsp3) is 0.556. The maximum atomic E-state index is 3.69. The molecule has 0 fully saturated rings. The summed E-state index contributed by atoms with van der Waals surface area (Å²) in [5.41, 5.74) is 0. The van der Waals surface area contributed by atoms with Gasteiger partial charge in [0.25, 0.3) is 0 Å². The molecule has 0 aliphatic heterocycles. The topological polar surface area (TPSA) is 0 Å². The molecule has 1 atom stereocenters. The summed E-state index contributed by atoms with van der Waals surface area (Å²) in [6.07, 6.45) is 3.89. The summed E-state index contributed by atoms with van der Waals surface area (Å²) >= 11 is 0. The third-order valence-corrected chi connectivity index (χ3v) is 6.50. The summed E-state index contributed by atoms with van der Waals surface area (Å²) in [5.74, 6) is 3.29. The molecule has 4 heteroatoms. The van der Waals surface area contributed by atoms with Crippen molar-refractivity contribution in [3.05, 3.63) is 25.3 Å². The molecule has 0 rings (SSSR count). The Morgan fingerprint density at radius 1 is 1.08 bits per heavy atom. The van der Waals surface area contributed by atoms with Gasteiger partial charge in [0.05, 0.1) is 0 Å². The molecule has 0 bridgehead atoms. The molecule has 0 heterocycles. The van der Waals surface area contributed by atoms with Gasteiger partial charge in [-0.3, -0.25) is 0 Å². The van der Waals surface area contributed by atoms with Gasteiger partial charge in [-0.1, -0.05) is 62.3 Å². The Labute approximate surface area is 97.6 Å². The maximum absolute atomic E-state index is 3.69. The molecule has 0 saturated carbocycles. The molecule has 0 aromatic heterocycles. The van der Waals surface area contributed by atoms with Crippen LogP contribution in [0.15, 0.2) is 25.3 Å².